The molecule has 2 nitrogen and oxygen atoms in total. The van der Waals surface area contributed by atoms with E-state index < -0.39 is 5.97 Å². The molecule has 1 N–H and O–H groups in total. The molecule has 2 rings (SSSR count). The van der Waals surface area contributed by atoms with Crippen LogP contribution in [0.25, 0.3) is 6.08 Å². The maximum Gasteiger partial charge on any atom is 0.331 e. The van der Waals surface area contributed by atoms with Gasteiger partial charge in [-0.05, 0) is 30.4 Å². The van der Waals surface area contributed by atoms with Crippen LogP contribution in [-0.4, -0.2) is 11.1 Å². The van der Waals surface area contributed by atoms with Gasteiger partial charge in [-0.1, -0.05) is 43.2 Å². The number of benzene rings is 1. The number of hydrogen-bond donors (Lipinski definition) is 1. The Balaban J connectivity index is 2.25. The Hall–Kier alpha value is -1.57. The Morgan fingerprint density at radius 1 is 1.19 bits per heavy atom. The van der Waals surface area contributed by atoms with Crippen LogP contribution in [0.15, 0.2) is 35.9 Å². The van der Waals surface area contributed by atoms with Crippen LogP contribution in [0.5, 0.6) is 0 Å². The van der Waals surface area contributed by atoms with Crippen molar-refractivity contribution in [2.75, 3.05) is 0 Å². The summed E-state index contributed by atoms with van der Waals surface area (Å²) in [5, 5.41) is 9.23. The Kier molecular flexibility index (Phi) is 3.40. The standard InChI is InChI=1S/C14H16O2/c15-14(16)13(12-8-4-5-9-12)10-11-6-2-1-3-7-11/h1-3,6-7,10,12H,4-5,8-9H2,(H,15,16). The van der Waals surface area contributed by atoms with Crippen LogP contribution in [0, 0.1) is 5.92 Å². The van der Waals surface area contributed by atoms with Crippen molar-refractivity contribution < 1.29 is 9.90 Å². The van der Waals surface area contributed by atoms with Crippen LogP contribution >= 0.6 is 0 Å². The zero-order chi connectivity index (χ0) is 11.4. The van der Waals surface area contributed by atoms with Crippen molar-refractivity contribution in [2.24, 2.45) is 5.92 Å². The molecule has 2 heteroatoms. The molecule has 1 aliphatic carbocycles. The first-order valence-electron chi connectivity index (χ1n) is 5.77. The Labute approximate surface area is 95.6 Å². The van der Waals surface area contributed by atoms with Gasteiger partial charge in [0.05, 0.1) is 0 Å². The molecule has 0 amide bonds. The normalized spacial score (nSPS) is 17.6. The van der Waals surface area contributed by atoms with Crippen LogP contribution in [-0.2, 0) is 4.79 Å². The van der Waals surface area contributed by atoms with E-state index in [1.165, 1.54) is 0 Å². The largest absolute Gasteiger partial charge is 0.478 e. The van der Waals surface area contributed by atoms with Crippen LogP contribution < -0.4 is 0 Å². The van der Waals surface area contributed by atoms with Crippen molar-refractivity contribution in [1.82, 2.24) is 0 Å². The molecule has 0 bridgehead atoms. The lowest BCUT2D eigenvalue weighted by Crippen LogP contribution is -2.09. The summed E-state index contributed by atoms with van der Waals surface area (Å²) in [4.78, 5) is 11.2. The van der Waals surface area contributed by atoms with Gasteiger partial charge in [0.25, 0.3) is 0 Å². The molecule has 0 saturated heterocycles. The zero-order valence-corrected chi connectivity index (χ0v) is 9.23. The molecule has 84 valence electrons. The quantitative estimate of drug-likeness (QED) is 0.787. The second kappa shape index (κ2) is 4.97. The van der Waals surface area contributed by atoms with E-state index in [1.54, 1.807) is 0 Å². The summed E-state index contributed by atoms with van der Waals surface area (Å²) in [7, 11) is 0. The summed E-state index contributed by atoms with van der Waals surface area (Å²) in [6.07, 6.45) is 6.17. The number of hydrogen-bond acceptors (Lipinski definition) is 1. The molecule has 1 aromatic carbocycles. The minimum Gasteiger partial charge on any atom is -0.478 e. The lowest BCUT2D eigenvalue weighted by Gasteiger charge is -2.09. The van der Waals surface area contributed by atoms with Crippen molar-refractivity contribution in [1.29, 1.82) is 0 Å². The van der Waals surface area contributed by atoms with Gasteiger partial charge >= 0.3 is 5.97 Å². The van der Waals surface area contributed by atoms with Crippen LogP contribution in [0.4, 0.5) is 0 Å². The third kappa shape index (κ3) is 2.51. The lowest BCUT2D eigenvalue weighted by atomic mass is 9.95. The number of carboxylic acid groups (broad SMARTS) is 1. The average Bonchev–Trinajstić information content (AvgIpc) is 2.80. The van der Waals surface area contributed by atoms with E-state index in [4.69, 9.17) is 0 Å². The smallest absolute Gasteiger partial charge is 0.331 e. The fourth-order valence-electron chi connectivity index (χ4n) is 2.32. The second-order valence-electron chi connectivity index (χ2n) is 4.30. The van der Waals surface area contributed by atoms with Gasteiger partial charge < -0.3 is 5.11 Å². The maximum atomic E-state index is 11.2. The highest BCUT2D eigenvalue weighted by atomic mass is 16.4. The van der Waals surface area contributed by atoms with E-state index in [0.717, 1.165) is 31.2 Å². The van der Waals surface area contributed by atoms with Crippen molar-refractivity contribution in [3.63, 3.8) is 0 Å². The van der Waals surface area contributed by atoms with Gasteiger partial charge in [0.2, 0.25) is 0 Å². The maximum absolute atomic E-state index is 11.2. The van der Waals surface area contributed by atoms with Crippen molar-refractivity contribution >= 4 is 12.0 Å². The van der Waals surface area contributed by atoms with Gasteiger partial charge in [0.15, 0.2) is 0 Å². The number of aliphatic carboxylic acids is 1. The molecule has 0 heterocycles. The van der Waals surface area contributed by atoms with Crippen molar-refractivity contribution in [2.45, 2.75) is 25.7 Å². The highest BCUT2D eigenvalue weighted by molar-refractivity contribution is 5.92. The number of rotatable bonds is 3. The monoisotopic (exact) mass is 216 g/mol. The lowest BCUT2D eigenvalue weighted by molar-refractivity contribution is -0.133. The van der Waals surface area contributed by atoms with E-state index in [2.05, 4.69) is 0 Å². The summed E-state index contributed by atoms with van der Waals surface area (Å²) in [5.41, 5.74) is 1.55. The van der Waals surface area contributed by atoms with E-state index >= 15 is 0 Å². The highest BCUT2D eigenvalue weighted by Crippen LogP contribution is 2.32. The molecule has 0 spiro atoms. The number of carbonyl (C=O) groups is 1. The van der Waals surface area contributed by atoms with E-state index in [0.29, 0.717) is 5.57 Å². The second-order valence-corrected chi connectivity index (χ2v) is 4.30. The third-order valence-corrected chi connectivity index (χ3v) is 3.16. The van der Waals surface area contributed by atoms with Gasteiger partial charge in [-0.25, -0.2) is 4.79 Å². The van der Waals surface area contributed by atoms with Crippen LogP contribution in [0.3, 0.4) is 0 Å². The zero-order valence-electron chi connectivity index (χ0n) is 9.23. The Morgan fingerprint density at radius 3 is 2.38 bits per heavy atom. The molecular weight excluding hydrogens is 200 g/mol. The molecule has 1 saturated carbocycles. The van der Waals surface area contributed by atoms with Gasteiger partial charge in [-0.15, -0.1) is 0 Å². The van der Waals surface area contributed by atoms with Crippen LogP contribution in [0.2, 0.25) is 0 Å². The molecule has 1 aromatic rings. The molecule has 0 aromatic heterocycles. The first kappa shape index (κ1) is 10.9. The topological polar surface area (TPSA) is 37.3 Å². The predicted octanol–water partition coefficient (Wildman–Crippen LogP) is 3.34. The SMILES string of the molecule is O=C(O)C(=Cc1ccccc1)C1CCCC1. The highest BCUT2D eigenvalue weighted by Gasteiger charge is 2.23. The first-order valence-corrected chi connectivity index (χ1v) is 5.77. The Morgan fingerprint density at radius 2 is 1.81 bits per heavy atom. The van der Waals surface area contributed by atoms with E-state index in [-0.39, 0.29) is 5.92 Å². The van der Waals surface area contributed by atoms with E-state index in [1.807, 2.05) is 36.4 Å². The molecule has 16 heavy (non-hydrogen) atoms. The molecule has 0 unspecified atom stereocenters. The molecule has 0 aliphatic heterocycles. The first-order chi connectivity index (χ1) is 7.77. The fraction of sp³-hybridized carbons (Fsp3) is 0.357. The van der Waals surface area contributed by atoms with Gasteiger partial charge in [0, 0.05) is 5.57 Å². The van der Waals surface area contributed by atoms with Crippen molar-refractivity contribution in [3.05, 3.63) is 41.5 Å². The molecular formula is C14H16O2. The summed E-state index contributed by atoms with van der Waals surface area (Å²) in [6.45, 7) is 0. The summed E-state index contributed by atoms with van der Waals surface area (Å²) in [6, 6.07) is 9.68. The minimum absolute atomic E-state index is 0.248. The summed E-state index contributed by atoms with van der Waals surface area (Å²) in [5.74, 6) is -0.520. The summed E-state index contributed by atoms with van der Waals surface area (Å²) >= 11 is 0. The number of carboxylic acids is 1. The third-order valence-electron chi connectivity index (χ3n) is 3.16. The van der Waals surface area contributed by atoms with Gasteiger partial charge in [-0.3, -0.25) is 0 Å². The predicted molar refractivity (Wildman–Crippen MR) is 64.0 cm³/mol. The molecule has 0 radical (unpaired) electrons. The molecule has 1 fully saturated rings. The minimum atomic E-state index is -0.768. The fourth-order valence-corrected chi connectivity index (χ4v) is 2.32. The van der Waals surface area contributed by atoms with Gasteiger partial charge in [0.1, 0.15) is 0 Å². The van der Waals surface area contributed by atoms with Crippen LogP contribution in [0.1, 0.15) is 31.2 Å². The van der Waals surface area contributed by atoms with Gasteiger partial charge in [-0.2, -0.15) is 0 Å². The average molecular weight is 216 g/mol. The van der Waals surface area contributed by atoms with Crippen molar-refractivity contribution in [3.8, 4) is 0 Å². The Bertz CT molecular complexity index is 386. The summed E-state index contributed by atoms with van der Waals surface area (Å²) < 4.78 is 0. The molecule has 0 atom stereocenters. The van der Waals surface area contributed by atoms with E-state index in [9.17, 15) is 9.90 Å². The molecule has 1 aliphatic rings.